The SMILES string of the molecule is CCN1c2cc3c(cc2C(CS(=O)(=O)O)=CC1(C)C)C(c1c(F)c(F)c(SCCS(=O)(=O)O)c(F)c1F)=c1cc2c(cc1C3(C)C)=[N+](Cc1ccccc1S(=O)(=O)O)CCC2.O=S(=O)=O. The van der Waals surface area contributed by atoms with Crippen LogP contribution in [0.25, 0.3) is 11.1 Å². The van der Waals surface area contributed by atoms with Gasteiger partial charge in [0.15, 0.2) is 29.8 Å². The Kier molecular flexibility index (Phi) is 13.8. The van der Waals surface area contributed by atoms with Crippen molar-refractivity contribution in [3.8, 4) is 0 Å². The minimum atomic E-state index is -4.62. The quantitative estimate of drug-likeness (QED) is 0.0600. The van der Waals surface area contributed by atoms with E-state index >= 15 is 17.6 Å². The molecular formula is C42H43F4N2O12S5+. The molecule has 0 amide bonds. The van der Waals surface area contributed by atoms with Gasteiger partial charge in [-0.2, -0.15) is 25.3 Å². The van der Waals surface area contributed by atoms with Crippen molar-refractivity contribution in [2.45, 2.75) is 74.7 Å². The first-order valence-corrected chi connectivity index (χ1v) is 26.3. The topological polar surface area (TPSA) is 221 Å². The third-order valence-corrected chi connectivity index (χ3v) is 15.3. The number of rotatable bonds is 11. The van der Waals surface area contributed by atoms with Crippen molar-refractivity contribution in [3.05, 3.63) is 127 Å². The molecule has 3 aliphatic rings. The zero-order valence-electron chi connectivity index (χ0n) is 35.3. The fourth-order valence-corrected chi connectivity index (χ4v) is 12.2. The Morgan fingerprint density at radius 1 is 0.815 bits per heavy atom. The Hall–Kier alpha value is -4.49. The number of likely N-dealkylation sites (N-methyl/N-ethyl adjacent to an activating group) is 1. The molecular weight excluding hydrogens is 961 g/mol. The molecule has 7 rings (SSSR count). The average molecular weight is 1000 g/mol. The van der Waals surface area contributed by atoms with Crippen LogP contribution in [0.15, 0.2) is 64.4 Å². The summed E-state index contributed by atoms with van der Waals surface area (Å²) in [7, 11) is -16.9. The summed E-state index contributed by atoms with van der Waals surface area (Å²) in [6, 6.07) is 12.8. The van der Waals surface area contributed by atoms with Crippen LogP contribution in [0, 0.1) is 23.3 Å². The highest BCUT2D eigenvalue weighted by atomic mass is 32.2. The van der Waals surface area contributed by atoms with Crippen molar-refractivity contribution in [2.75, 3.05) is 35.2 Å². The van der Waals surface area contributed by atoms with Crippen molar-refractivity contribution >= 4 is 69.6 Å². The third kappa shape index (κ3) is 10.1. The minimum absolute atomic E-state index is 0.0582. The van der Waals surface area contributed by atoms with Gasteiger partial charge >= 0.3 is 10.6 Å². The van der Waals surface area contributed by atoms with Gasteiger partial charge in [-0.15, -0.1) is 24.4 Å². The fraction of sp³-hybridized carbons (Fsp3) is 0.357. The molecule has 23 heteroatoms. The average Bonchev–Trinajstić information content (AvgIpc) is 3.17. The Bertz CT molecular complexity index is 3270. The summed E-state index contributed by atoms with van der Waals surface area (Å²) < 4.78 is 194. The van der Waals surface area contributed by atoms with E-state index < -0.39 is 103 Å². The Labute approximate surface area is 378 Å². The fourth-order valence-electron chi connectivity index (χ4n) is 9.03. The van der Waals surface area contributed by atoms with Crippen molar-refractivity contribution in [2.24, 2.45) is 0 Å². The van der Waals surface area contributed by atoms with Crippen LogP contribution in [0.3, 0.4) is 0 Å². The molecule has 0 saturated carbocycles. The summed E-state index contributed by atoms with van der Waals surface area (Å²) in [5, 5.41) is 0.867. The van der Waals surface area contributed by atoms with Crippen LogP contribution >= 0.6 is 11.8 Å². The van der Waals surface area contributed by atoms with Crippen LogP contribution in [0.4, 0.5) is 23.2 Å². The van der Waals surface area contributed by atoms with E-state index in [0.717, 1.165) is 0 Å². The molecule has 0 bridgehead atoms. The number of thioether (sulfide) groups is 1. The number of fused-ring (bicyclic) bond motifs is 4. The van der Waals surface area contributed by atoms with E-state index in [4.69, 9.17) is 17.2 Å². The van der Waals surface area contributed by atoms with Gasteiger partial charge in [-0.25, -0.2) is 22.1 Å². The minimum Gasteiger partial charge on any atom is -0.363 e. The second-order valence-electron chi connectivity index (χ2n) is 16.6. The van der Waals surface area contributed by atoms with E-state index in [0.29, 0.717) is 64.8 Å². The van der Waals surface area contributed by atoms with Crippen molar-refractivity contribution < 1.29 is 69.1 Å². The number of halogens is 4. The lowest BCUT2D eigenvalue weighted by Gasteiger charge is -2.45. The van der Waals surface area contributed by atoms with E-state index in [1.165, 1.54) is 18.2 Å². The van der Waals surface area contributed by atoms with Crippen molar-refractivity contribution in [1.82, 2.24) is 4.58 Å². The first kappa shape index (κ1) is 49.9. The molecule has 2 heterocycles. The molecule has 4 aromatic carbocycles. The van der Waals surface area contributed by atoms with E-state index in [9.17, 15) is 34.4 Å². The van der Waals surface area contributed by atoms with Crippen molar-refractivity contribution in [3.63, 3.8) is 0 Å². The molecule has 0 unspecified atom stereocenters. The van der Waals surface area contributed by atoms with Crippen LogP contribution in [0.1, 0.15) is 80.0 Å². The smallest absolute Gasteiger partial charge is 0.363 e. The lowest BCUT2D eigenvalue weighted by atomic mass is 9.67. The highest BCUT2D eigenvalue weighted by molar-refractivity contribution is 8.00. The van der Waals surface area contributed by atoms with Gasteiger partial charge in [-0.3, -0.25) is 13.7 Å². The maximum absolute atomic E-state index is 16.8. The predicted octanol–water partition coefficient (Wildman–Crippen LogP) is 4.88. The number of nitrogens with zero attached hydrogens (tertiary/aromatic N) is 2. The molecule has 0 fully saturated rings. The first-order chi connectivity index (χ1) is 30.0. The maximum Gasteiger partial charge on any atom is 0.425 e. The first-order valence-electron chi connectivity index (χ1n) is 19.7. The highest BCUT2D eigenvalue weighted by Gasteiger charge is 2.42. The van der Waals surface area contributed by atoms with Crippen LogP contribution in [-0.2, 0) is 59.3 Å². The van der Waals surface area contributed by atoms with Gasteiger partial charge in [0.2, 0.25) is 5.36 Å². The molecule has 4 aromatic rings. The number of hydrogen-bond acceptors (Lipinski definition) is 11. The van der Waals surface area contributed by atoms with Crippen LogP contribution in [0.2, 0.25) is 0 Å². The zero-order chi connectivity index (χ0) is 48.4. The van der Waals surface area contributed by atoms with Gasteiger partial charge in [0, 0.05) is 58.2 Å². The van der Waals surface area contributed by atoms with Gasteiger partial charge < -0.3 is 4.90 Å². The lowest BCUT2D eigenvalue weighted by Crippen LogP contribution is -2.46. The molecule has 2 aliphatic heterocycles. The van der Waals surface area contributed by atoms with E-state index in [1.807, 2.05) is 50.2 Å². The van der Waals surface area contributed by atoms with E-state index in [2.05, 4.69) is 0 Å². The number of hydrogen-bond donors (Lipinski definition) is 3. The molecule has 65 heavy (non-hydrogen) atoms. The lowest BCUT2D eigenvalue weighted by molar-refractivity contribution is 0.422. The van der Waals surface area contributed by atoms with Crippen LogP contribution in [0.5, 0.6) is 0 Å². The number of aryl methyl sites for hydroxylation is 1. The third-order valence-electron chi connectivity index (χ3n) is 11.6. The molecule has 0 atom stereocenters. The second-order valence-corrected chi connectivity index (χ2v) is 22.6. The molecule has 3 N–H and O–H groups in total. The highest BCUT2D eigenvalue weighted by Crippen LogP contribution is 2.49. The zero-order valence-corrected chi connectivity index (χ0v) is 39.4. The predicted molar refractivity (Wildman–Crippen MR) is 235 cm³/mol. The number of benzene rings is 4. The Morgan fingerprint density at radius 2 is 1.43 bits per heavy atom. The molecule has 350 valence electrons. The van der Waals surface area contributed by atoms with Gasteiger partial charge in [0.1, 0.15) is 17.2 Å². The molecule has 0 spiro atoms. The summed E-state index contributed by atoms with van der Waals surface area (Å²) in [6.07, 6.45) is 2.67. The summed E-state index contributed by atoms with van der Waals surface area (Å²) in [5.41, 5.74) is -0.0440. The molecule has 14 nitrogen and oxygen atoms in total. The van der Waals surface area contributed by atoms with Crippen LogP contribution in [-0.4, -0.2) is 87.4 Å². The summed E-state index contributed by atoms with van der Waals surface area (Å²) in [4.78, 5) is 0.590. The van der Waals surface area contributed by atoms with E-state index in [1.54, 1.807) is 30.3 Å². The monoisotopic (exact) mass is 1000 g/mol. The van der Waals surface area contributed by atoms with Crippen molar-refractivity contribution in [1.29, 1.82) is 0 Å². The molecule has 0 saturated heterocycles. The van der Waals surface area contributed by atoms with Gasteiger partial charge in [-0.05, 0) is 78.9 Å². The van der Waals surface area contributed by atoms with Gasteiger partial charge in [0.05, 0.1) is 21.8 Å². The number of anilines is 1. The molecule has 0 aromatic heterocycles. The van der Waals surface area contributed by atoms with E-state index in [-0.39, 0.29) is 45.1 Å². The van der Waals surface area contributed by atoms with Gasteiger partial charge in [-0.1, -0.05) is 38.1 Å². The Balaban J connectivity index is 0.00000168. The second kappa shape index (κ2) is 18.0. The molecule has 1 aliphatic carbocycles. The summed E-state index contributed by atoms with van der Waals surface area (Å²) >= 11 is 0.173. The largest absolute Gasteiger partial charge is 0.425 e. The Morgan fingerprint density at radius 3 is 2.00 bits per heavy atom. The molecule has 0 radical (unpaired) electrons. The maximum atomic E-state index is 16.8. The normalized spacial score (nSPS) is 16.4. The summed E-state index contributed by atoms with van der Waals surface area (Å²) in [6.45, 7) is 10.3. The standard InChI is InChI=1S/C42H42F4N2O9S4.O3S/c1-6-48-32-19-30-28(17-26(32)25(20-41(48,2)3)22-60(52,53)54)34(35-36(43)38(45)40(39(46)37(35)44)58-14-15-59(49,50)51)27-16-23-11-9-13-47(31(23)18-29(27)42(30,4)5)21-24-10-7-8-12-33(24)61(55,56)57;1-4(2)3/h7-8,10,12,16-20H,6,9,11,13-15,21-22H2,1-5H3,(H2-,49,50,51,52,53,54,55,56,57);/p+1. The van der Waals surface area contributed by atoms with Gasteiger partial charge in [0.25, 0.3) is 30.4 Å². The van der Waals surface area contributed by atoms with Crippen LogP contribution < -0.4 is 20.1 Å². The summed E-state index contributed by atoms with van der Waals surface area (Å²) in [5.74, 6) is -9.51.